The number of hydrogen-bond acceptors (Lipinski definition) is 5. The number of esters is 1. The highest BCUT2D eigenvalue weighted by atomic mass is 16.6. The third-order valence-corrected chi connectivity index (χ3v) is 3.35. The van der Waals surface area contributed by atoms with Crippen LogP contribution in [0.3, 0.4) is 0 Å². The van der Waals surface area contributed by atoms with Crippen molar-refractivity contribution in [1.29, 1.82) is 0 Å². The monoisotopic (exact) mass is 288 g/mol. The van der Waals surface area contributed by atoms with Crippen LogP contribution in [-0.2, 0) is 16.1 Å². The van der Waals surface area contributed by atoms with Crippen LogP contribution in [0.1, 0.15) is 6.92 Å². The van der Waals surface area contributed by atoms with Gasteiger partial charge in [0, 0.05) is 18.5 Å². The minimum Gasteiger partial charge on any atom is -0.491 e. The van der Waals surface area contributed by atoms with E-state index in [4.69, 9.17) is 9.47 Å². The zero-order chi connectivity index (χ0) is 14.8. The third kappa shape index (κ3) is 2.56. The average molecular weight is 288 g/mol. The van der Waals surface area contributed by atoms with Crippen LogP contribution in [0, 0.1) is 0 Å². The molecule has 2 aromatic rings. The van der Waals surface area contributed by atoms with Gasteiger partial charge >= 0.3 is 5.97 Å². The van der Waals surface area contributed by atoms with Gasteiger partial charge in [0.2, 0.25) is 0 Å². The quantitative estimate of drug-likeness (QED) is 0.807. The van der Waals surface area contributed by atoms with E-state index in [0.29, 0.717) is 18.1 Å². The summed E-state index contributed by atoms with van der Waals surface area (Å²) in [6.07, 6.45) is 3.03. The Bertz CT molecular complexity index is 665. The molecular formula is C15H16N2O4. The summed E-state index contributed by atoms with van der Waals surface area (Å²) >= 11 is 0. The average Bonchev–Trinajstić information content (AvgIpc) is 2.88. The second kappa shape index (κ2) is 5.47. The van der Waals surface area contributed by atoms with Crippen molar-refractivity contribution in [1.82, 2.24) is 9.55 Å². The summed E-state index contributed by atoms with van der Waals surface area (Å²) < 4.78 is 18.0. The maximum Gasteiger partial charge on any atom is 0.346 e. The van der Waals surface area contributed by atoms with E-state index in [9.17, 15) is 4.79 Å². The van der Waals surface area contributed by atoms with Crippen molar-refractivity contribution in [2.45, 2.75) is 19.6 Å². The number of carbonyl (C=O) groups is 1. The molecule has 6 nitrogen and oxygen atoms in total. The zero-order valence-corrected chi connectivity index (χ0v) is 11.9. The van der Waals surface area contributed by atoms with E-state index in [2.05, 4.69) is 9.72 Å². The van der Waals surface area contributed by atoms with Gasteiger partial charge in [-0.1, -0.05) is 0 Å². The SMILES string of the molecule is COC(=O)[C@H](C)Oc1ccc2c(c1)OCCn1ccnc1-2. The Morgan fingerprint density at radius 3 is 3.14 bits per heavy atom. The van der Waals surface area contributed by atoms with Crippen LogP contribution >= 0.6 is 0 Å². The lowest BCUT2D eigenvalue weighted by molar-refractivity contribution is -0.147. The van der Waals surface area contributed by atoms with E-state index in [0.717, 1.165) is 17.9 Å². The molecule has 1 aromatic carbocycles. The predicted octanol–water partition coefficient (Wildman–Crippen LogP) is 1.88. The fourth-order valence-corrected chi connectivity index (χ4v) is 2.29. The fraction of sp³-hybridized carbons (Fsp3) is 0.333. The van der Waals surface area contributed by atoms with E-state index in [1.54, 1.807) is 25.3 Å². The number of fused-ring (bicyclic) bond motifs is 3. The van der Waals surface area contributed by atoms with E-state index in [-0.39, 0.29) is 0 Å². The summed E-state index contributed by atoms with van der Waals surface area (Å²) in [4.78, 5) is 15.8. The first-order valence-corrected chi connectivity index (χ1v) is 6.72. The van der Waals surface area contributed by atoms with Crippen molar-refractivity contribution in [3.8, 4) is 22.9 Å². The lowest BCUT2D eigenvalue weighted by Gasteiger charge is -2.14. The number of nitrogens with zero attached hydrogens (tertiary/aromatic N) is 2. The molecule has 3 rings (SSSR count). The number of imidazole rings is 1. The van der Waals surface area contributed by atoms with Crippen molar-refractivity contribution in [3.05, 3.63) is 30.6 Å². The Morgan fingerprint density at radius 1 is 1.48 bits per heavy atom. The van der Waals surface area contributed by atoms with Gasteiger partial charge in [-0.05, 0) is 19.1 Å². The first-order chi connectivity index (χ1) is 10.2. The van der Waals surface area contributed by atoms with E-state index in [1.165, 1.54) is 7.11 Å². The molecule has 1 atom stereocenters. The van der Waals surface area contributed by atoms with Gasteiger partial charge in [0.1, 0.15) is 23.9 Å². The van der Waals surface area contributed by atoms with E-state index in [1.807, 2.05) is 16.8 Å². The molecule has 0 unspecified atom stereocenters. The molecule has 21 heavy (non-hydrogen) atoms. The summed E-state index contributed by atoms with van der Waals surface area (Å²) in [5, 5.41) is 0. The van der Waals surface area contributed by atoms with Gasteiger partial charge in [-0.25, -0.2) is 9.78 Å². The zero-order valence-electron chi connectivity index (χ0n) is 11.9. The molecule has 2 heterocycles. The Labute approximate surface area is 122 Å². The summed E-state index contributed by atoms with van der Waals surface area (Å²) in [6, 6.07) is 5.46. The molecule has 110 valence electrons. The number of methoxy groups -OCH3 is 1. The lowest BCUT2D eigenvalue weighted by atomic mass is 10.2. The fourth-order valence-electron chi connectivity index (χ4n) is 2.29. The first-order valence-electron chi connectivity index (χ1n) is 6.72. The molecule has 0 saturated carbocycles. The Morgan fingerprint density at radius 2 is 2.33 bits per heavy atom. The van der Waals surface area contributed by atoms with Crippen molar-refractivity contribution < 1.29 is 19.0 Å². The molecule has 0 radical (unpaired) electrons. The minimum absolute atomic E-state index is 0.415. The first kappa shape index (κ1) is 13.5. The molecule has 0 amide bonds. The topological polar surface area (TPSA) is 62.6 Å². The molecule has 0 bridgehead atoms. The van der Waals surface area contributed by atoms with E-state index >= 15 is 0 Å². The van der Waals surface area contributed by atoms with Gasteiger partial charge in [0.15, 0.2) is 6.10 Å². The highest BCUT2D eigenvalue weighted by molar-refractivity contribution is 5.74. The van der Waals surface area contributed by atoms with Gasteiger partial charge in [0.25, 0.3) is 0 Å². The molecule has 0 N–H and O–H groups in total. The number of rotatable bonds is 3. The van der Waals surface area contributed by atoms with Crippen molar-refractivity contribution in [2.24, 2.45) is 0 Å². The maximum absolute atomic E-state index is 11.4. The normalized spacial score (nSPS) is 14.2. The number of carbonyl (C=O) groups excluding carboxylic acids is 1. The van der Waals surface area contributed by atoms with Crippen molar-refractivity contribution in [2.75, 3.05) is 13.7 Å². The Hall–Kier alpha value is -2.50. The largest absolute Gasteiger partial charge is 0.491 e. The van der Waals surface area contributed by atoms with Gasteiger partial charge in [-0.2, -0.15) is 0 Å². The summed E-state index contributed by atoms with van der Waals surface area (Å²) in [7, 11) is 1.34. The van der Waals surface area contributed by atoms with Crippen LogP contribution in [0.5, 0.6) is 11.5 Å². The molecule has 1 aromatic heterocycles. The highest BCUT2D eigenvalue weighted by Gasteiger charge is 2.19. The van der Waals surface area contributed by atoms with E-state index < -0.39 is 12.1 Å². The molecular weight excluding hydrogens is 272 g/mol. The van der Waals surface area contributed by atoms with Crippen LogP contribution in [0.2, 0.25) is 0 Å². The van der Waals surface area contributed by atoms with Crippen LogP contribution in [0.25, 0.3) is 11.4 Å². The Kier molecular flexibility index (Phi) is 3.51. The van der Waals surface area contributed by atoms with Gasteiger partial charge in [-0.3, -0.25) is 0 Å². The van der Waals surface area contributed by atoms with Gasteiger partial charge in [-0.15, -0.1) is 0 Å². The number of benzene rings is 1. The third-order valence-electron chi connectivity index (χ3n) is 3.35. The number of aromatic nitrogens is 2. The predicted molar refractivity (Wildman–Crippen MR) is 75.3 cm³/mol. The molecule has 0 aliphatic carbocycles. The molecule has 6 heteroatoms. The van der Waals surface area contributed by atoms with Crippen LogP contribution in [0.15, 0.2) is 30.6 Å². The Balaban J connectivity index is 1.89. The molecule has 0 fully saturated rings. The molecule has 1 aliphatic heterocycles. The van der Waals surface area contributed by atoms with Crippen LogP contribution < -0.4 is 9.47 Å². The van der Waals surface area contributed by atoms with Crippen LogP contribution in [0.4, 0.5) is 0 Å². The van der Waals surface area contributed by atoms with Gasteiger partial charge in [0.05, 0.1) is 19.2 Å². The lowest BCUT2D eigenvalue weighted by Crippen LogP contribution is -2.24. The van der Waals surface area contributed by atoms with Crippen molar-refractivity contribution >= 4 is 5.97 Å². The standard InChI is InChI=1S/C15H16N2O4/c1-10(15(18)19-2)21-11-3-4-12-13(9-11)20-8-7-17-6-5-16-14(12)17/h3-6,9-10H,7-8H2,1-2H3/t10-/m0/s1. The van der Waals surface area contributed by atoms with Gasteiger partial charge < -0.3 is 18.8 Å². The number of ether oxygens (including phenoxy) is 3. The second-order valence-corrected chi connectivity index (χ2v) is 4.73. The smallest absolute Gasteiger partial charge is 0.346 e. The molecule has 1 aliphatic rings. The summed E-state index contributed by atoms with van der Waals surface area (Å²) in [5.74, 6) is 1.72. The van der Waals surface area contributed by atoms with Crippen molar-refractivity contribution in [3.63, 3.8) is 0 Å². The molecule has 0 saturated heterocycles. The second-order valence-electron chi connectivity index (χ2n) is 4.73. The number of hydrogen-bond donors (Lipinski definition) is 0. The summed E-state index contributed by atoms with van der Waals surface area (Å²) in [6.45, 7) is 2.95. The maximum atomic E-state index is 11.4. The highest BCUT2D eigenvalue weighted by Crippen LogP contribution is 2.34. The van der Waals surface area contributed by atoms with Crippen LogP contribution in [-0.4, -0.2) is 35.3 Å². The molecule has 0 spiro atoms. The minimum atomic E-state index is -0.666. The summed E-state index contributed by atoms with van der Waals surface area (Å²) in [5.41, 5.74) is 0.913.